The number of carboxylic acids is 1. The highest BCUT2D eigenvalue weighted by molar-refractivity contribution is 5.86. The smallest absolute Gasteiger partial charge is 0.408 e. The number of alkyl halides is 1. The fourth-order valence-corrected chi connectivity index (χ4v) is 3.64. The Kier molecular flexibility index (Phi) is 3.54. The van der Waals surface area contributed by atoms with Crippen molar-refractivity contribution in [1.82, 2.24) is 5.32 Å². The summed E-state index contributed by atoms with van der Waals surface area (Å²) in [7, 11) is 0. The molecular formula is C16H18FNO4. The van der Waals surface area contributed by atoms with Crippen LogP contribution in [0.4, 0.5) is 9.18 Å². The molecule has 0 unspecified atom stereocenters. The van der Waals surface area contributed by atoms with E-state index in [-0.39, 0.29) is 24.9 Å². The van der Waals surface area contributed by atoms with Crippen molar-refractivity contribution in [3.05, 3.63) is 35.9 Å². The third-order valence-electron chi connectivity index (χ3n) is 4.63. The molecule has 2 aliphatic rings. The Balaban J connectivity index is 1.54. The van der Waals surface area contributed by atoms with Crippen molar-refractivity contribution in [3.63, 3.8) is 0 Å². The summed E-state index contributed by atoms with van der Waals surface area (Å²) in [4.78, 5) is 23.3. The largest absolute Gasteiger partial charge is 0.480 e. The predicted octanol–water partition coefficient (Wildman–Crippen LogP) is 2.65. The van der Waals surface area contributed by atoms with Crippen molar-refractivity contribution < 1.29 is 23.8 Å². The molecule has 1 aromatic carbocycles. The first-order valence-corrected chi connectivity index (χ1v) is 7.29. The number of halogens is 1. The minimum Gasteiger partial charge on any atom is -0.480 e. The molecule has 0 atom stereocenters. The molecule has 3 rings (SSSR count). The van der Waals surface area contributed by atoms with Crippen LogP contribution in [0.5, 0.6) is 0 Å². The van der Waals surface area contributed by atoms with Crippen molar-refractivity contribution >= 4 is 12.1 Å². The Labute approximate surface area is 127 Å². The number of amides is 1. The second kappa shape index (κ2) is 5.26. The summed E-state index contributed by atoms with van der Waals surface area (Å²) in [6, 6.07) is 9.14. The molecule has 2 N–H and O–H groups in total. The summed E-state index contributed by atoms with van der Waals surface area (Å²) in [5, 5.41) is 11.8. The van der Waals surface area contributed by atoms with Gasteiger partial charge in [0.1, 0.15) is 18.3 Å². The van der Waals surface area contributed by atoms with Crippen molar-refractivity contribution in [3.8, 4) is 0 Å². The van der Waals surface area contributed by atoms with Crippen LogP contribution in [-0.4, -0.2) is 28.9 Å². The summed E-state index contributed by atoms with van der Waals surface area (Å²) >= 11 is 0. The molecule has 2 saturated carbocycles. The Hall–Kier alpha value is -2.11. The van der Waals surface area contributed by atoms with Crippen LogP contribution < -0.4 is 5.32 Å². The number of alkyl carbamates (subject to hydrolysis) is 1. The van der Waals surface area contributed by atoms with Gasteiger partial charge >= 0.3 is 12.1 Å². The highest BCUT2D eigenvalue weighted by Gasteiger charge is 2.64. The number of carbonyl (C=O) groups excluding carboxylic acids is 1. The van der Waals surface area contributed by atoms with E-state index >= 15 is 0 Å². The standard InChI is InChI=1S/C16H18FNO4/c17-12-6-15(7-12)9-16(10-15,13(19)20)18-14(21)22-8-11-4-2-1-3-5-11/h1-5,12H,6-10H2,(H,18,21)(H,19,20). The zero-order chi connectivity index (χ0) is 15.8. The lowest BCUT2D eigenvalue weighted by molar-refractivity contribution is -0.167. The van der Waals surface area contributed by atoms with Gasteiger partial charge in [-0.3, -0.25) is 0 Å². The Morgan fingerprint density at radius 1 is 1.27 bits per heavy atom. The average molecular weight is 307 g/mol. The zero-order valence-electron chi connectivity index (χ0n) is 12.0. The molecule has 0 heterocycles. The number of ether oxygens (including phenoxy) is 1. The summed E-state index contributed by atoms with van der Waals surface area (Å²) in [5.41, 5.74) is -0.732. The van der Waals surface area contributed by atoms with Gasteiger partial charge in [-0.05, 0) is 36.7 Å². The number of nitrogens with one attached hydrogen (secondary N) is 1. The maximum atomic E-state index is 13.0. The van der Waals surface area contributed by atoms with E-state index in [0.29, 0.717) is 12.8 Å². The molecule has 0 bridgehead atoms. The van der Waals surface area contributed by atoms with Crippen LogP contribution in [0.1, 0.15) is 31.2 Å². The van der Waals surface area contributed by atoms with E-state index in [2.05, 4.69) is 5.32 Å². The number of hydrogen-bond donors (Lipinski definition) is 2. The second-order valence-corrected chi connectivity index (χ2v) is 6.43. The molecule has 2 fully saturated rings. The van der Waals surface area contributed by atoms with Gasteiger partial charge in [0.15, 0.2) is 0 Å². The topological polar surface area (TPSA) is 75.6 Å². The van der Waals surface area contributed by atoms with E-state index in [0.717, 1.165) is 5.56 Å². The van der Waals surface area contributed by atoms with Crippen molar-refractivity contribution in [1.29, 1.82) is 0 Å². The molecule has 6 heteroatoms. The number of carboxylic acid groups (broad SMARTS) is 1. The summed E-state index contributed by atoms with van der Waals surface area (Å²) in [6.45, 7) is 0.0834. The van der Waals surface area contributed by atoms with Crippen molar-refractivity contribution in [2.24, 2.45) is 5.41 Å². The SMILES string of the molecule is O=C(NC1(C(=O)O)CC2(CC(F)C2)C1)OCc1ccccc1. The van der Waals surface area contributed by atoms with Crippen LogP contribution in [0.2, 0.25) is 0 Å². The third kappa shape index (κ3) is 2.65. The number of hydrogen-bond acceptors (Lipinski definition) is 3. The number of rotatable bonds is 4. The third-order valence-corrected chi connectivity index (χ3v) is 4.63. The zero-order valence-corrected chi connectivity index (χ0v) is 12.0. The quantitative estimate of drug-likeness (QED) is 0.896. The normalized spacial score (nSPS) is 32.7. The molecule has 118 valence electrons. The number of aliphatic carboxylic acids is 1. The summed E-state index contributed by atoms with van der Waals surface area (Å²) < 4.78 is 18.1. The molecule has 1 amide bonds. The second-order valence-electron chi connectivity index (χ2n) is 6.43. The first-order valence-electron chi connectivity index (χ1n) is 7.29. The predicted molar refractivity (Wildman–Crippen MR) is 75.9 cm³/mol. The van der Waals surface area contributed by atoms with Gasteiger partial charge in [-0.25, -0.2) is 14.0 Å². The summed E-state index contributed by atoms with van der Waals surface area (Å²) in [6.07, 6.45) is -0.258. The Bertz CT molecular complexity index is 575. The van der Waals surface area contributed by atoms with Crippen LogP contribution in [0, 0.1) is 5.41 Å². The molecule has 1 spiro atoms. The maximum absolute atomic E-state index is 13.0. The van der Waals surface area contributed by atoms with Gasteiger partial charge in [-0.2, -0.15) is 0 Å². The van der Waals surface area contributed by atoms with Crippen molar-refractivity contribution in [2.75, 3.05) is 0 Å². The molecule has 22 heavy (non-hydrogen) atoms. The van der Waals surface area contributed by atoms with Gasteiger partial charge in [-0.1, -0.05) is 30.3 Å². The molecule has 1 aromatic rings. The van der Waals surface area contributed by atoms with Gasteiger partial charge in [0.25, 0.3) is 0 Å². The maximum Gasteiger partial charge on any atom is 0.408 e. The van der Waals surface area contributed by atoms with E-state index in [1.807, 2.05) is 30.3 Å². The first kappa shape index (κ1) is 14.8. The highest BCUT2D eigenvalue weighted by atomic mass is 19.1. The molecular weight excluding hydrogens is 289 g/mol. The first-order chi connectivity index (χ1) is 10.4. The molecule has 2 aliphatic carbocycles. The number of benzene rings is 1. The van der Waals surface area contributed by atoms with E-state index in [1.54, 1.807) is 0 Å². The van der Waals surface area contributed by atoms with E-state index < -0.39 is 23.8 Å². The molecule has 0 aromatic heterocycles. The van der Waals surface area contributed by atoms with E-state index in [9.17, 15) is 19.1 Å². The van der Waals surface area contributed by atoms with E-state index in [1.165, 1.54) is 0 Å². The fraction of sp³-hybridized carbons (Fsp3) is 0.500. The van der Waals surface area contributed by atoms with Crippen LogP contribution in [0.25, 0.3) is 0 Å². The summed E-state index contributed by atoms with van der Waals surface area (Å²) in [5.74, 6) is -1.09. The van der Waals surface area contributed by atoms with Gasteiger partial charge in [0.2, 0.25) is 0 Å². The Morgan fingerprint density at radius 2 is 1.91 bits per heavy atom. The lowest BCUT2D eigenvalue weighted by atomic mass is 9.48. The van der Waals surface area contributed by atoms with Crippen LogP contribution in [0.3, 0.4) is 0 Å². The molecule has 0 aliphatic heterocycles. The molecule has 0 saturated heterocycles. The van der Waals surface area contributed by atoms with E-state index in [4.69, 9.17) is 4.74 Å². The molecule has 5 nitrogen and oxygen atoms in total. The monoisotopic (exact) mass is 307 g/mol. The van der Waals surface area contributed by atoms with Gasteiger partial charge in [0.05, 0.1) is 0 Å². The Morgan fingerprint density at radius 3 is 2.45 bits per heavy atom. The van der Waals surface area contributed by atoms with Gasteiger partial charge < -0.3 is 15.2 Å². The minimum absolute atomic E-state index is 0.0834. The minimum atomic E-state index is -1.31. The average Bonchev–Trinajstić information content (AvgIpc) is 2.42. The van der Waals surface area contributed by atoms with Crippen LogP contribution >= 0.6 is 0 Å². The van der Waals surface area contributed by atoms with Gasteiger partial charge in [0, 0.05) is 0 Å². The van der Waals surface area contributed by atoms with Crippen LogP contribution in [-0.2, 0) is 16.1 Å². The fourth-order valence-electron chi connectivity index (χ4n) is 3.64. The highest BCUT2D eigenvalue weighted by Crippen LogP contribution is 2.61. The molecule has 0 radical (unpaired) electrons. The lowest BCUT2D eigenvalue weighted by Crippen LogP contribution is -2.69. The van der Waals surface area contributed by atoms with Crippen molar-refractivity contribution in [2.45, 2.75) is 44.0 Å². The number of carbonyl (C=O) groups is 2. The lowest BCUT2D eigenvalue weighted by Gasteiger charge is -2.59. The van der Waals surface area contributed by atoms with Gasteiger partial charge in [-0.15, -0.1) is 0 Å². The van der Waals surface area contributed by atoms with Crippen LogP contribution in [0.15, 0.2) is 30.3 Å².